The van der Waals surface area contributed by atoms with Crippen molar-refractivity contribution in [2.24, 2.45) is 0 Å². The summed E-state index contributed by atoms with van der Waals surface area (Å²) in [6, 6.07) is 17.7. The summed E-state index contributed by atoms with van der Waals surface area (Å²) in [6.45, 7) is 1.96. The molecule has 126 valence electrons. The Hall–Kier alpha value is -3.05. The molecule has 0 atom stereocenters. The molecule has 1 amide bonds. The first kappa shape index (κ1) is 16.8. The van der Waals surface area contributed by atoms with Crippen LogP contribution in [0.1, 0.15) is 23.9 Å². The van der Waals surface area contributed by atoms with Gasteiger partial charge in [-0.05, 0) is 11.1 Å². The molecule has 5 nitrogen and oxygen atoms in total. The largest absolute Gasteiger partial charge is 0.372 e. The van der Waals surface area contributed by atoms with Crippen molar-refractivity contribution in [3.8, 4) is 0 Å². The van der Waals surface area contributed by atoms with Gasteiger partial charge in [-0.1, -0.05) is 67.6 Å². The van der Waals surface area contributed by atoms with E-state index in [2.05, 4.69) is 15.3 Å². The Bertz CT molecular complexity index is 794. The lowest BCUT2D eigenvalue weighted by atomic mass is 9.85. The molecule has 0 spiro atoms. The van der Waals surface area contributed by atoms with Crippen LogP contribution in [0.25, 0.3) is 0 Å². The number of carbonyl (C=O) groups is 1. The second-order valence-corrected chi connectivity index (χ2v) is 5.64. The third kappa shape index (κ3) is 3.41. The molecular weight excluding hydrogens is 314 g/mol. The molecular formula is C20H19N3O2. The molecule has 0 bridgehead atoms. The number of hydrogen-bond acceptors (Lipinski definition) is 4. The van der Waals surface area contributed by atoms with Crippen LogP contribution in [-0.4, -0.2) is 21.0 Å². The van der Waals surface area contributed by atoms with Crippen LogP contribution >= 0.6 is 0 Å². The Morgan fingerprint density at radius 3 is 1.88 bits per heavy atom. The van der Waals surface area contributed by atoms with Crippen LogP contribution in [0.4, 0.5) is 5.69 Å². The summed E-state index contributed by atoms with van der Waals surface area (Å²) in [5.41, 5.74) is -0.395. The molecule has 0 aliphatic rings. The summed E-state index contributed by atoms with van der Waals surface area (Å²) in [4.78, 5) is 21.3. The van der Waals surface area contributed by atoms with Crippen LogP contribution in [0.15, 0.2) is 73.1 Å². The summed E-state index contributed by atoms with van der Waals surface area (Å²) in [6.07, 6.45) is 3.80. The summed E-state index contributed by atoms with van der Waals surface area (Å²) in [5.74, 6) is 0.136. The van der Waals surface area contributed by atoms with Gasteiger partial charge in [-0.3, -0.25) is 4.79 Å². The van der Waals surface area contributed by atoms with Crippen LogP contribution in [0.2, 0.25) is 0 Å². The first-order valence-electron chi connectivity index (χ1n) is 8.10. The van der Waals surface area contributed by atoms with Crippen molar-refractivity contribution in [1.82, 2.24) is 9.97 Å². The number of aryl methyl sites for hydroxylation is 1. The number of nitrogens with one attached hydrogen (secondary N) is 1. The predicted molar refractivity (Wildman–Crippen MR) is 95.9 cm³/mol. The third-order valence-electron chi connectivity index (χ3n) is 3.99. The van der Waals surface area contributed by atoms with Gasteiger partial charge in [0.05, 0.1) is 18.1 Å². The highest BCUT2D eigenvalue weighted by Crippen LogP contribution is 2.31. The lowest BCUT2D eigenvalue weighted by Crippen LogP contribution is -2.41. The standard InChI is InChI=1S/C20H19N3O2/c1-2-18-21-13-17(14-22-18)23-19(24)20(25,15-9-5-3-6-10-15)16-11-7-4-8-12-16/h3-14,25H,2H2,1H3,(H,23,24). The van der Waals surface area contributed by atoms with Gasteiger partial charge in [0.15, 0.2) is 5.60 Å². The van der Waals surface area contributed by atoms with Crippen molar-refractivity contribution in [3.63, 3.8) is 0 Å². The highest BCUT2D eigenvalue weighted by molar-refractivity contribution is 6.00. The van der Waals surface area contributed by atoms with Crippen LogP contribution < -0.4 is 5.32 Å². The molecule has 1 heterocycles. The lowest BCUT2D eigenvalue weighted by molar-refractivity contribution is -0.131. The molecule has 5 heteroatoms. The van der Waals surface area contributed by atoms with E-state index in [-0.39, 0.29) is 0 Å². The van der Waals surface area contributed by atoms with Gasteiger partial charge in [0, 0.05) is 6.42 Å². The van der Waals surface area contributed by atoms with Gasteiger partial charge in [-0.2, -0.15) is 0 Å². The molecule has 3 aromatic rings. The second kappa shape index (κ2) is 7.23. The van der Waals surface area contributed by atoms with E-state index in [0.717, 1.165) is 0 Å². The van der Waals surface area contributed by atoms with Crippen molar-refractivity contribution in [2.75, 3.05) is 5.32 Å². The number of rotatable bonds is 5. The minimum absolute atomic E-state index is 0.437. The molecule has 1 aromatic heterocycles. The Morgan fingerprint density at radius 1 is 0.960 bits per heavy atom. The van der Waals surface area contributed by atoms with E-state index in [0.29, 0.717) is 29.1 Å². The first-order chi connectivity index (χ1) is 12.1. The lowest BCUT2D eigenvalue weighted by Gasteiger charge is -2.28. The number of carbonyl (C=O) groups excluding carboxylic acids is 1. The zero-order valence-electron chi connectivity index (χ0n) is 13.9. The molecule has 0 saturated heterocycles. The molecule has 0 aliphatic carbocycles. The number of aliphatic hydroxyl groups is 1. The fourth-order valence-corrected chi connectivity index (χ4v) is 2.61. The van der Waals surface area contributed by atoms with E-state index in [1.807, 2.05) is 19.1 Å². The molecule has 0 aliphatic heterocycles. The number of anilines is 1. The van der Waals surface area contributed by atoms with Gasteiger partial charge >= 0.3 is 0 Å². The fourth-order valence-electron chi connectivity index (χ4n) is 2.61. The summed E-state index contributed by atoms with van der Waals surface area (Å²) >= 11 is 0. The number of benzene rings is 2. The van der Waals surface area contributed by atoms with Gasteiger partial charge in [0.25, 0.3) is 5.91 Å². The number of hydrogen-bond donors (Lipinski definition) is 2. The fraction of sp³-hybridized carbons (Fsp3) is 0.150. The highest BCUT2D eigenvalue weighted by Gasteiger charge is 2.39. The van der Waals surface area contributed by atoms with Crippen molar-refractivity contribution in [3.05, 3.63) is 90.0 Å². The van der Waals surface area contributed by atoms with Gasteiger partial charge in [0.2, 0.25) is 0 Å². The normalized spacial score (nSPS) is 11.1. The van der Waals surface area contributed by atoms with E-state index in [1.165, 1.54) is 0 Å². The van der Waals surface area contributed by atoms with Gasteiger partial charge in [-0.15, -0.1) is 0 Å². The zero-order valence-corrected chi connectivity index (χ0v) is 13.9. The van der Waals surface area contributed by atoms with E-state index in [9.17, 15) is 9.90 Å². The van der Waals surface area contributed by atoms with Crippen molar-refractivity contribution in [2.45, 2.75) is 18.9 Å². The van der Waals surface area contributed by atoms with E-state index >= 15 is 0 Å². The van der Waals surface area contributed by atoms with Crippen LogP contribution in [0, 0.1) is 0 Å². The second-order valence-electron chi connectivity index (χ2n) is 5.64. The number of nitrogens with zero attached hydrogens (tertiary/aromatic N) is 2. The number of amides is 1. The molecule has 0 saturated carbocycles. The Balaban J connectivity index is 1.98. The van der Waals surface area contributed by atoms with Gasteiger partial charge in [0.1, 0.15) is 5.82 Å². The Kier molecular flexibility index (Phi) is 4.86. The molecule has 0 unspecified atom stereocenters. The zero-order chi connectivity index (χ0) is 17.7. The van der Waals surface area contributed by atoms with Crippen molar-refractivity contribution >= 4 is 11.6 Å². The maximum atomic E-state index is 13.0. The number of aromatic nitrogens is 2. The van der Waals surface area contributed by atoms with Crippen LogP contribution in [0.3, 0.4) is 0 Å². The summed E-state index contributed by atoms with van der Waals surface area (Å²) in [5, 5.41) is 14.0. The summed E-state index contributed by atoms with van der Waals surface area (Å²) < 4.78 is 0. The van der Waals surface area contributed by atoms with Gasteiger partial charge < -0.3 is 10.4 Å². The topological polar surface area (TPSA) is 75.1 Å². The molecule has 0 radical (unpaired) electrons. The average molecular weight is 333 g/mol. The van der Waals surface area contributed by atoms with E-state index in [1.54, 1.807) is 60.9 Å². The van der Waals surface area contributed by atoms with E-state index in [4.69, 9.17) is 0 Å². The minimum Gasteiger partial charge on any atom is -0.372 e. The maximum Gasteiger partial charge on any atom is 0.265 e. The predicted octanol–water partition coefficient (Wildman–Crippen LogP) is 2.91. The quantitative estimate of drug-likeness (QED) is 0.753. The minimum atomic E-state index is -1.81. The van der Waals surface area contributed by atoms with E-state index < -0.39 is 11.5 Å². The Morgan fingerprint density at radius 2 is 1.44 bits per heavy atom. The molecule has 0 fully saturated rings. The summed E-state index contributed by atoms with van der Waals surface area (Å²) in [7, 11) is 0. The SMILES string of the molecule is CCc1ncc(NC(=O)C(O)(c2ccccc2)c2ccccc2)cn1. The molecule has 2 aromatic carbocycles. The van der Waals surface area contributed by atoms with Crippen LogP contribution in [0.5, 0.6) is 0 Å². The molecule has 25 heavy (non-hydrogen) atoms. The van der Waals surface area contributed by atoms with Gasteiger partial charge in [-0.25, -0.2) is 9.97 Å². The smallest absolute Gasteiger partial charge is 0.265 e. The monoisotopic (exact) mass is 333 g/mol. The third-order valence-corrected chi connectivity index (χ3v) is 3.99. The Labute approximate surface area is 146 Å². The molecule has 2 N–H and O–H groups in total. The van der Waals surface area contributed by atoms with Crippen molar-refractivity contribution < 1.29 is 9.90 Å². The molecule has 3 rings (SSSR count). The average Bonchev–Trinajstić information content (AvgIpc) is 2.69. The first-order valence-corrected chi connectivity index (χ1v) is 8.10. The van der Waals surface area contributed by atoms with Crippen LogP contribution in [-0.2, 0) is 16.8 Å². The highest BCUT2D eigenvalue weighted by atomic mass is 16.3. The van der Waals surface area contributed by atoms with Crippen molar-refractivity contribution in [1.29, 1.82) is 0 Å². The maximum absolute atomic E-state index is 13.0.